The number of aliphatic carboxylic acids is 1. The van der Waals surface area contributed by atoms with Gasteiger partial charge in [0.1, 0.15) is 11.8 Å². The topological polar surface area (TPSA) is 64.3 Å². The fraction of sp³-hybridized carbons (Fsp3) is 0.273. The van der Waals surface area contributed by atoms with Gasteiger partial charge in [-0.05, 0) is 57.7 Å². The maximum absolute atomic E-state index is 11.6. The molecule has 0 amide bonds. The molecule has 1 aromatic carbocycles. The van der Waals surface area contributed by atoms with Crippen molar-refractivity contribution in [2.75, 3.05) is 6.61 Å². The Hall–Kier alpha value is -2.60. The van der Waals surface area contributed by atoms with Crippen molar-refractivity contribution in [3.05, 3.63) is 82.3 Å². The number of ether oxygens (including phenoxy) is 1. The van der Waals surface area contributed by atoms with Gasteiger partial charge in [0.05, 0.1) is 6.61 Å². The molecule has 0 saturated carbocycles. The number of aryl methyl sites for hydroxylation is 1. The summed E-state index contributed by atoms with van der Waals surface area (Å²) in [5.41, 5.74) is 3.18. The summed E-state index contributed by atoms with van der Waals surface area (Å²) in [6, 6.07) is 12.9. The van der Waals surface area contributed by atoms with Gasteiger partial charge >= 0.3 is 5.97 Å². The molecule has 3 aromatic rings. The Morgan fingerprint density at radius 3 is 2.50 bits per heavy atom. The molecule has 1 atom stereocenters. The summed E-state index contributed by atoms with van der Waals surface area (Å²) in [6.45, 7) is 2.66. The molecule has 0 radical (unpaired) electrons. The Kier molecular flexibility index (Phi) is 6.87. The molecular formula is C22H23BrN2O3. The van der Waals surface area contributed by atoms with E-state index in [4.69, 9.17) is 4.74 Å². The number of hydrogen-bond acceptors (Lipinski definition) is 3. The first-order chi connectivity index (χ1) is 13.5. The van der Waals surface area contributed by atoms with Crippen molar-refractivity contribution in [3.8, 4) is 5.75 Å². The molecule has 2 heterocycles. The van der Waals surface area contributed by atoms with E-state index < -0.39 is 12.0 Å². The van der Waals surface area contributed by atoms with Crippen molar-refractivity contribution in [1.82, 2.24) is 9.55 Å². The van der Waals surface area contributed by atoms with Crippen LogP contribution in [0.25, 0.3) is 0 Å². The summed E-state index contributed by atoms with van der Waals surface area (Å²) in [7, 11) is 0. The monoisotopic (exact) mass is 442 g/mol. The van der Waals surface area contributed by atoms with Crippen LogP contribution in [0.3, 0.4) is 0 Å². The van der Waals surface area contributed by atoms with Crippen molar-refractivity contribution in [2.45, 2.75) is 32.2 Å². The number of pyridine rings is 1. The molecule has 0 bridgehead atoms. The lowest BCUT2D eigenvalue weighted by Gasteiger charge is -2.15. The number of rotatable bonds is 9. The van der Waals surface area contributed by atoms with Gasteiger partial charge in [-0.1, -0.05) is 25.1 Å². The smallest absolute Gasteiger partial charge is 0.327 e. The molecular weight excluding hydrogens is 420 g/mol. The number of benzene rings is 1. The van der Waals surface area contributed by atoms with E-state index in [0.717, 1.165) is 34.3 Å². The van der Waals surface area contributed by atoms with Gasteiger partial charge < -0.3 is 14.4 Å². The van der Waals surface area contributed by atoms with Crippen LogP contribution in [0.15, 0.2) is 65.5 Å². The highest BCUT2D eigenvalue weighted by Crippen LogP contribution is 2.21. The molecule has 6 heteroatoms. The van der Waals surface area contributed by atoms with Crippen LogP contribution in [-0.4, -0.2) is 27.2 Å². The Labute approximate surface area is 173 Å². The molecule has 5 nitrogen and oxygen atoms in total. The number of nitrogens with zero attached hydrogens (tertiary/aromatic N) is 2. The van der Waals surface area contributed by atoms with Crippen LogP contribution in [0.5, 0.6) is 5.75 Å². The van der Waals surface area contributed by atoms with E-state index in [-0.39, 0.29) is 0 Å². The third-order valence-electron chi connectivity index (χ3n) is 4.60. The van der Waals surface area contributed by atoms with Crippen LogP contribution in [-0.2, 0) is 24.1 Å². The molecule has 3 rings (SSSR count). The number of aromatic nitrogens is 2. The average molecular weight is 443 g/mol. The minimum atomic E-state index is -0.856. The normalized spacial score (nSPS) is 11.9. The summed E-state index contributed by atoms with van der Waals surface area (Å²) >= 11 is 3.36. The number of carboxylic acids is 1. The predicted octanol–water partition coefficient (Wildman–Crippen LogP) is 4.70. The first-order valence-corrected chi connectivity index (χ1v) is 10.1. The Bertz CT molecular complexity index is 904. The third kappa shape index (κ3) is 5.45. The molecule has 146 valence electrons. The fourth-order valence-corrected chi connectivity index (χ4v) is 3.29. The highest BCUT2D eigenvalue weighted by atomic mass is 79.9. The maximum Gasteiger partial charge on any atom is 0.327 e. The van der Waals surface area contributed by atoms with E-state index in [2.05, 4.69) is 33.9 Å². The minimum absolute atomic E-state index is 0.407. The Morgan fingerprint density at radius 2 is 1.93 bits per heavy atom. The van der Waals surface area contributed by atoms with Gasteiger partial charge in [0.25, 0.3) is 0 Å². The van der Waals surface area contributed by atoms with Gasteiger partial charge in [-0.25, -0.2) is 4.79 Å². The third-order valence-corrected chi connectivity index (χ3v) is 5.07. The molecule has 2 aromatic heterocycles. The lowest BCUT2D eigenvalue weighted by Crippen LogP contribution is -2.20. The van der Waals surface area contributed by atoms with E-state index >= 15 is 0 Å². The number of halogens is 1. The first kappa shape index (κ1) is 20.1. The maximum atomic E-state index is 11.6. The second-order valence-corrected chi connectivity index (χ2v) is 7.50. The molecule has 0 fully saturated rings. The van der Waals surface area contributed by atoms with E-state index in [1.54, 1.807) is 17.0 Å². The highest BCUT2D eigenvalue weighted by Gasteiger charge is 2.19. The van der Waals surface area contributed by atoms with Crippen LogP contribution in [0, 0.1) is 0 Å². The van der Waals surface area contributed by atoms with Gasteiger partial charge in [-0.2, -0.15) is 0 Å². The van der Waals surface area contributed by atoms with Gasteiger partial charge in [-0.15, -0.1) is 0 Å². The average Bonchev–Trinajstić information content (AvgIpc) is 3.13. The summed E-state index contributed by atoms with van der Waals surface area (Å²) in [6.07, 6.45) is 7.59. The standard InChI is InChI=1S/C22H23BrN2O3/c1-2-16-3-6-19(24-14-16)10-12-28-20-7-4-17(5-8-20)13-21(22(26)27)25-11-9-18(23)15-25/h3-9,11,14-15,21H,2,10,12-13H2,1H3,(H,26,27)/t21-/m1/s1. The summed E-state index contributed by atoms with van der Waals surface area (Å²) in [5, 5.41) is 9.54. The number of hydrogen-bond donors (Lipinski definition) is 1. The molecule has 0 unspecified atom stereocenters. The van der Waals surface area contributed by atoms with E-state index in [1.807, 2.05) is 42.6 Å². The Morgan fingerprint density at radius 1 is 1.18 bits per heavy atom. The van der Waals surface area contributed by atoms with Crippen molar-refractivity contribution >= 4 is 21.9 Å². The Balaban J connectivity index is 1.54. The lowest BCUT2D eigenvalue weighted by atomic mass is 10.1. The molecule has 0 aliphatic heterocycles. The number of carboxylic acid groups (broad SMARTS) is 1. The highest BCUT2D eigenvalue weighted by molar-refractivity contribution is 9.10. The van der Waals surface area contributed by atoms with Crippen LogP contribution in [0.2, 0.25) is 0 Å². The van der Waals surface area contributed by atoms with Crippen molar-refractivity contribution < 1.29 is 14.6 Å². The number of carbonyl (C=O) groups is 1. The second-order valence-electron chi connectivity index (χ2n) is 6.59. The van der Waals surface area contributed by atoms with Crippen LogP contribution < -0.4 is 4.74 Å². The van der Waals surface area contributed by atoms with Crippen LogP contribution >= 0.6 is 15.9 Å². The van der Waals surface area contributed by atoms with E-state index in [9.17, 15) is 9.90 Å². The van der Waals surface area contributed by atoms with Gasteiger partial charge in [0.15, 0.2) is 0 Å². The second kappa shape index (κ2) is 9.55. The quantitative estimate of drug-likeness (QED) is 0.521. The van der Waals surface area contributed by atoms with Gasteiger partial charge in [0, 0.05) is 41.6 Å². The molecule has 0 aliphatic rings. The zero-order valence-corrected chi connectivity index (χ0v) is 17.3. The molecule has 0 aliphatic carbocycles. The summed E-state index contributed by atoms with van der Waals surface area (Å²) < 4.78 is 8.36. The first-order valence-electron chi connectivity index (χ1n) is 9.26. The zero-order chi connectivity index (χ0) is 19.9. The molecule has 0 spiro atoms. The van der Waals surface area contributed by atoms with Crippen molar-refractivity contribution in [1.29, 1.82) is 0 Å². The fourth-order valence-electron chi connectivity index (χ4n) is 2.93. The summed E-state index contributed by atoms with van der Waals surface area (Å²) in [5.74, 6) is -0.0884. The molecule has 1 N–H and O–H groups in total. The van der Waals surface area contributed by atoms with E-state index in [0.29, 0.717) is 13.0 Å². The molecule has 0 saturated heterocycles. The largest absolute Gasteiger partial charge is 0.493 e. The van der Waals surface area contributed by atoms with Crippen LogP contribution in [0.1, 0.15) is 29.8 Å². The van der Waals surface area contributed by atoms with E-state index in [1.165, 1.54) is 5.56 Å². The lowest BCUT2D eigenvalue weighted by molar-refractivity contribution is -0.140. The zero-order valence-electron chi connectivity index (χ0n) is 15.7. The minimum Gasteiger partial charge on any atom is -0.493 e. The predicted molar refractivity (Wildman–Crippen MR) is 112 cm³/mol. The summed E-state index contributed by atoms with van der Waals surface area (Å²) in [4.78, 5) is 16.1. The van der Waals surface area contributed by atoms with Crippen molar-refractivity contribution in [3.63, 3.8) is 0 Å². The van der Waals surface area contributed by atoms with Gasteiger partial charge in [0.2, 0.25) is 0 Å². The van der Waals surface area contributed by atoms with Crippen molar-refractivity contribution in [2.24, 2.45) is 0 Å². The molecule has 28 heavy (non-hydrogen) atoms. The van der Waals surface area contributed by atoms with Gasteiger partial charge in [-0.3, -0.25) is 4.98 Å². The SMILES string of the molecule is CCc1ccc(CCOc2ccc(C[C@H](C(=O)O)n3ccc(Br)c3)cc2)nc1. The van der Waals surface area contributed by atoms with Crippen LogP contribution in [0.4, 0.5) is 0 Å².